The monoisotopic (exact) mass is 550 g/mol. The van der Waals surface area contributed by atoms with E-state index in [-0.39, 0.29) is 12.3 Å². The van der Waals surface area contributed by atoms with E-state index in [9.17, 15) is 46.4 Å². The second-order valence-electron chi connectivity index (χ2n) is 12.5. The number of carbonyl (C=O) groups excluding carboxylic acids is 4. The lowest BCUT2D eigenvalue weighted by molar-refractivity contribution is -0.173. The van der Waals surface area contributed by atoms with Gasteiger partial charge in [0.05, 0.1) is 12.0 Å². The number of rotatable bonds is 10. The third-order valence-electron chi connectivity index (χ3n) is 7.31. The lowest BCUT2D eigenvalue weighted by Gasteiger charge is -2.32. The second kappa shape index (κ2) is 10.4. The van der Waals surface area contributed by atoms with Crippen molar-refractivity contribution in [3.63, 3.8) is 0 Å². The number of amides is 3. The first-order chi connectivity index (χ1) is 17.0. The number of halogens is 5. The maximum Gasteiger partial charge on any atom is 0.449 e. The van der Waals surface area contributed by atoms with Gasteiger partial charge in [0.1, 0.15) is 12.1 Å². The van der Waals surface area contributed by atoms with Crippen LogP contribution in [-0.2, 0) is 19.2 Å². The van der Waals surface area contributed by atoms with E-state index >= 15 is 0 Å². The maximum absolute atomic E-state index is 14.0. The SMILES string of the molecule is CC1(C)C[C@@H](C[C@@H](C#N)NC(=O)[C@H](CC2(C)CC2(F)F)NC(=O)[C@@H](CC(=O)C(F)(F)F)C(C)(C)C)C(=O)N1. The molecule has 2 aliphatic rings. The molecule has 3 amide bonds. The van der Waals surface area contributed by atoms with E-state index in [1.165, 1.54) is 27.7 Å². The van der Waals surface area contributed by atoms with E-state index in [0.717, 1.165) is 0 Å². The Morgan fingerprint density at radius 1 is 1.11 bits per heavy atom. The fourth-order valence-corrected chi connectivity index (χ4v) is 4.78. The molecule has 5 atom stereocenters. The van der Waals surface area contributed by atoms with Crippen LogP contribution in [0.2, 0.25) is 0 Å². The number of alkyl halides is 5. The summed E-state index contributed by atoms with van der Waals surface area (Å²) < 4.78 is 66.7. The summed E-state index contributed by atoms with van der Waals surface area (Å²) >= 11 is 0. The van der Waals surface area contributed by atoms with Gasteiger partial charge in [-0.15, -0.1) is 0 Å². The first kappa shape index (κ1) is 31.4. The molecular weight excluding hydrogens is 515 g/mol. The van der Waals surface area contributed by atoms with E-state index in [0.29, 0.717) is 6.42 Å². The molecule has 0 radical (unpaired) electrons. The van der Waals surface area contributed by atoms with Crippen molar-refractivity contribution in [3.05, 3.63) is 0 Å². The van der Waals surface area contributed by atoms with Crippen molar-refractivity contribution in [1.29, 1.82) is 5.26 Å². The van der Waals surface area contributed by atoms with Crippen molar-refractivity contribution >= 4 is 23.5 Å². The molecule has 1 saturated carbocycles. The van der Waals surface area contributed by atoms with Gasteiger partial charge in [-0.3, -0.25) is 19.2 Å². The molecule has 0 spiro atoms. The molecule has 2 rings (SSSR count). The predicted molar refractivity (Wildman–Crippen MR) is 125 cm³/mol. The Bertz CT molecular complexity index is 1010. The number of Topliss-reactive ketones (excluding diaryl/α,β-unsaturated/α-hetero) is 1. The van der Waals surface area contributed by atoms with Crippen LogP contribution in [0.1, 0.15) is 73.6 Å². The highest BCUT2D eigenvalue weighted by molar-refractivity contribution is 5.93. The zero-order chi connectivity index (χ0) is 29.5. The molecule has 1 heterocycles. The summed E-state index contributed by atoms with van der Waals surface area (Å²) in [7, 11) is 0. The third kappa shape index (κ3) is 7.63. The zero-order valence-corrected chi connectivity index (χ0v) is 22.3. The largest absolute Gasteiger partial charge is 0.449 e. The summed E-state index contributed by atoms with van der Waals surface area (Å²) in [6, 6.07) is -0.947. The fraction of sp³-hybridized carbons (Fsp3) is 0.800. The van der Waals surface area contributed by atoms with Crippen LogP contribution >= 0.6 is 0 Å². The van der Waals surface area contributed by atoms with Crippen LogP contribution in [-0.4, -0.2) is 53.2 Å². The van der Waals surface area contributed by atoms with Gasteiger partial charge in [-0.05, 0) is 38.5 Å². The summed E-state index contributed by atoms with van der Waals surface area (Å²) in [5, 5.41) is 17.0. The van der Waals surface area contributed by atoms with Gasteiger partial charge >= 0.3 is 6.18 Å². The highest BCUT2D eigenvalue weighted by Gasteiger charge is 2.68. The molecular formula is C25H35F5N4O4. The lowest BCUT2D eigenvalue weighted by atomic mass is 9.77. The first-order valence-corrected chi connectivity index (χ1v) is 12.3. The quantitative estimate of drug-likeness (QED) is 0.359. The Balaban J connectivity index is 2.23. The van der Waals surface area contributed by atoms with Crippen LogP contribution in [0.25, 0.3) is 0 Å². The lowest BCUT2D eigenvalue weighted by Crippen LogP contribution is -2.53. The van der Waals surface area contributed by atoms with Gasteiger partial charge in [0.15, 0.2) is 0 Å². The number of ketones is 1. The Hall–Kier alpha value is -2.78. The molecule has 214 valence electrons. The number of hydrogen-bond donors (Lipinski definition) is 3. The number of hydrogen-bond acceptors (Lipinski definition) is 5. The van der Waals surface area contributed by atoms with Crippen molar-refractivity contribution in [2.45, 2.75) is 103 Å². The average Bonchev–Trinajstić information content (AvgIpc) is 3.10. The molecule has 1 unspecified atom stereocenters. The summed E-state index contributed by atoms with van der Waals surface area (Å²) in [5.74, 6) is -9.72. The standard InChI is InChI=1S/C25H35F5N4O4/c1-21(2,3)15(8-17(35)25(28,29)30)19(37)33-16(10-23(6)12-24(23,26)27)20(38)32-14(11-31)7-13-9-22(4,5)34-18(13)36/h13-16H,7-10,12H2,1-6H3,(H,32,38)(H,33,37)(H,34,36)/t13-,14+,15-,16+,23?/m1/s1. The van der Waals surface area contributed by atoms with Gasteiger partial charge in [0.25, 0.3) is 5.92 Å². The summed E-state index contributed by atoms with van der Waals surface area (Å²) in [5.41, 5.74) is -3.31. The van der Waals surface area contributed by atoms with E-state index in [4.69, 9.17) is 0 Å². The smallest absolute Gasteiger partial charge is 0.351 e. The molecule has 1 aliphatic heterocycles. The van der Waals surface area contributed by atoms with Crippen molar-refractivity contribution < 1.29 is 41.1 Å². The topological polar surface area (TPSA) is 128 Å². The van der Waals surface area contributed by atoms with Gasteiger partial charge in [-0.2, -0.15) is 18.4 Å². The molecule has 0 aromatic heterocycles. The molecule has 0 bridgehead atoms. The normalized spacial score (nSPS) is 26.4. The molecule has 0 aromatic carbocycles. The number of carbonyl (C=O) groups is 4. The van der Waals surface area contributed by atoms with Gasteiger partial charge in [-0.25, -0.2) is 8.78 Å². The summed E-state index contributed by atoms with van der Waals surface area (Å²) in [6.45, 7) is 9.11. The minimum Gasteiger partial charge on any atom is -0.351 e. The van der Waals surface area contributed by atoms with Gasteiger partial charge in [-0.1, -0.05) is 27.7 Å². The maximum atomic E-state index is 14.0. The number of nitrogens with one attached hydrogen (secondary N) is 3. The molecule has 38 heavy (non-hydrogen) atoms. The molecule has 2 fully saturated rings. The second-order valence-corrected chi connectivity index (χ2v) is 12.5. The Kier molecular flexibility index (Phi) is 8.62. The van der Waals surface area contributed by atoms with Crippen LogP contribution < -0.4 is 16.0 Å². The molecule has 1 saturated heterocycles. The van der Waals surface area contributed by atoms with Crippen LogP contribution in [0.4, 0.5) is 22.0 Å². The Morgan fingerprint density at radius 3 is 2.05 bits per heavy atom. The van der Waals surface area contributed by atoms with Crippen LogP contribution in [0.5, 0.6) is 0 Å². The van der Waals surface area contributed by atoms with Gasteiger partial charge in [0, 0.05) is 29.7 Å². The van der Waals surface area contributed by atoms with E-state index < -0.39 is 89.2 Å². The molecule has 8 nitrogen and oxygen atoms in total. The molecule has 0 aromatic rings. The van der Waals surface area contributed by atoms with Crippen LogP contribution in [0.15, 0.2) is 0 Å². The molecule has 3 N–H and O–H groups in total. The number of nitriles is 1. The van der Waals surface area contributed by atoms with E-state index in [2.05, 4.69) is 16.0 Å². The van der Waals surface area contributed by atoms with Crippen LogP contribution in [0, 0.1) is 34.0 Å². The molecule has 13 heteroatoms. The molecule has 1 aliphatic carbocycles. The van der Waals surface area contributed by atoms with Crippen LogP contribution in [0.3, 0.4) is 0 Å². The van der Waals surface area contributed by atoms with E-state index in [1.807, 2.05) is 6.07 Å². The Labute approximate surface area is 218 Å². The predicted octanol–water partition coefficient (Wildman–Crippen LogP) is 3.40. The first-order valence-electron chi connectivity index (χ1n) is 12.3. The highest BCUT2D eigenvalue weighted by Crippen LogP contribution is 2.62. The van der Waals surface area contributed by atoms with Gasteiger partial charge in [0.2, 0.25) is 23.5 Å². The highest BCUT2D eigenvalue weighted by atomic mass is 19.4. The Morgan fingerprint density at radius 2 is 1.66 bits per heavy atom. The number of nitrogens with zero attached hydrogens (tertiary/aromatic N) is 1. The fourth-order valence-electron chi connectivity index (χ4n) is 4.78. The van der Waals surface area contributed by atoms with Crippen molar-refractivity contribution in [2.24, 2.45) is 22.7 Å². The zero-order valence-electron chi connectivity index (χ0n) is 22.3. The summed E-state index contributed by atoms with van der Waals surface area (Å²) in [6.07, 6.45) is -7.13. The minimum atomic E-state index is -5.18. The van der Waals surface area contributed by atoms with Crippen molar-refractivity contribution in [1.82, 2.24) is 16.0 Å². The summed E-state index contributed by atoms with van der Waals surface area (Å²) in [4.78, 5) is 50.1. The van der Waals surface area contributed by atoms with Gasteiger partial charge < -0.3 is 16.0 Å². The van der Waals surface area contributed by atoms with E-state index in [1.54, 1.807) is 13.8 Å². The van der Waals surface area contributed by atoms with Crippen molar-refractivity contribution in [3.8, 4) is 6.07 Å². The van der Waals surface area contributed by atoms with Crippen molar-refractivity contribution in [2.75, 3.05) is 0 Å². The minimum absolute atomic E-state index is 0.0592. The average molecular weight is 551 g/mol. The third-order valence-corrected chi connectivity index (χ3v) is 7.31.